The van der Waals surface area contributed by atoms with Crippen molar-refractivity contribution in [1.29, 1.82) is 0 Å². The minimum Gasteiger partial charge on any atom is -0.497 e. The van der Waals surface area contributed by atoms with Crippen LogP contribution >= 0.6 is 0 Å². The van der Waals surface area contributed by atoms with Gasteiger partial charge in [-0.05, 0) is 35.8 Å². The van der Waals surface area contributed by atoms with Gasteiger partial charge in [0.25, 0.3) is 5.88 Å². The van der Waals surface area contributed by atoms with Crippen molar-refractivity contribution < 1.29 is 18.8 Å². The molecule has 2 aliphatic heterocycles. The summed E-state index contributed by atoms with van der Waals surface area (Å²) in [5, 5.41) is 8.15. The Morgan fingerprint density at radius 1 is 1.28 bits per heavy atom. The molecule has 2 aromatic rings. The van der Waals surface area contributed by atoms with Crippen LogP contribution in [0.1, 0.15) is 17.7 Å². The third-order valence-electron chi connectivity index (χ3n) is 4.60. The Kier molecular flexibility index (Phi) is 4.56. The molecule has 0 radical (unpaired) electrons. The lowest BCUT2D eigenvalue weighted by Crippen LogP contribution is -2.23. The van der Waals surface area contributed by atoms with Crippen molar-refractivity contribution in [2.45, 2.75) is 19.6 Å². The van der Waals surface area contributed by atoms with Crippen LogP contribution in [0.25, 0.3) is 0 Å². The fourth-order valence-corrected chi connectivity index (χ4v) is 3.20. The zero-order chi connectivity index (χ0) is 17.1. The second-order valence-electron chi connectivity index (χ2n) is 6.34. The largest absolute Gasteiger partial charge is 0.497 e. The van der Waals surface area contributed by atoms with Gasteiger partial charge in [-0.3, -0.25) is 4.90 Å². The van der Waals surface area contributed by atoms with Gasteiger partial charge in [-0.25, -0.2) is 0 Å². The molecule has 2 aliphatic rings. The number of benzene rings is 1. The zero-order valence-electron chi connectivity index (χ0n) is 14.2. The van der Waals surface area contributed by atoms with Gasteiger partial charge in [0.05, 0.1) is 12.8 Å². The topological polar surface area (TPSA) is 69.3 Å². The van der Waals surface area contributed by atoms with E-state index in [1.807, 2.05) is 24.3 Å². The van der Waals surface area contributed by atoms with Crippen LogP contribution in [-0.2, 0) is 18.1 Å². The molecule has 2 saturated heterocycles. The van der Waals surface area contributed by atoms with Crippen LogP contribution in [0.5, 0.6) is 11.6 Å². The van der Waals surface area contributed by atoms with E-state index in [2.05, 4.69) is 15.2 Å². The van der Waals surface area contributed by atoms with Gasteiger partial charge in [-0.15, -0.1) is 0 Å². The van der Waals surface area contributed by atoms with Crippen molar-refractivity contribution in [1.82, 2.24) is 10.1 Å². The Morgan fingerprint density at radius 3 is 2.88 bits per heavy atom. The van der Waals surface area contributed by atoms with Crippen LogP contribution in [0.4, 0.5) is 0 Å². The third-order valence-corrected chi connectivity index (χ3v) is 4.60. The first-order valence-electron chi connectivity index (χ1n) is 8.42. The number of piperidine rings is 1. The highest BCUT2D eigenvalue weighted by Gasteiger charge is 2.35. The van der Waals surface area contributed by atoms with Crippen LogP contribution in [0.3, 0.4) is 0 Å². The van der Waals surface area contributed by atoms with E-state index in [4.69, 9.17) is 18.8 Å². The number of ether oxygens (including phenoxy) is 2. The van der Waals surface area contributed by atoms with E-state index in [-0.39, 0.29) is 6.61 Å². The zero-order valence-corrected chi connectivity index (χ0v) is 14.2. The van der Waals surface area contributed by atoms with E-state index in [0.29, 0.717) is 24.2 Å². The van der Waals surface area contributed by atoms with Crippen molar-refractivity contribution in [3.05, 3.63) is 41.7 Å². The van der Waals surface area contributed by atoms with E-state index in [1.54, 1.807) is 13.2 Å². The molecule has 3 heterocycles. The van der Waals surface area contributed by atoms with Crippen LogP contribution in [0.2, 0.25) is 0 Å². The van der Waals surface area contributed by atoms with Crippen LogP contribution in [-0.4, -0.2) is 42.5 Å². The normalized spacial score (nSPS) is 23.2. The Balaban J connectivity index is 1.25. The van der Waals surface area contributed by atoms with Gasteiger partial charge in [0.1, 0.15) is 12.4 Å². The fourth-order valence-electron chi connectivity index (χ4n) is 3.20. The number of aromatic nitrogens is 1. The Bertz CT molecular complexity index is 741. The monoisotopic (exact) mass is 343 g/mol. The minimum atomic E-state index is 0.259. The standard InChI is InChI=1S/C18H21N3O4/c1-22-15-4-2-13(3-5-15)11-23-18-8-16(25-20-18)12-24-19-17-10-21-7-6-14(17)9-21/h2-5,8,14H,6-7,9-12H2,1H3. The minimum absolute atomic E-state index is 0.259. The number of methoxy groups -OCH3 is 1. The summed E-state index contributed by atoms with van der Waals surface area (Å²) in [6, 6.07) is 9.42. The van der Waals surface area contributed by atoms with E-state index in [9.17, 15) is 0 Å². The molecule has 132 valence electrons. The third kappa shape index (κ3) is 3.76. The summed E-state index contributed by atoms with van der Waals surface area (Å²) in [5.41, 5.74) is 2.17. The van der Waals surface area contributed by atoms with Gasteiger partial charge in [0, 0.05) is 25.1 Å². The highest BCUT2D eigenvalue weighted by Crippen LogP contribution is 2.25. The molecule has 1 aromatic heterocycles. The molecular weight excluding hydrogens is 322 g/mol. The summed E-state index contributed by atoms with van der Waals surface area (Å²) in [7, 11) is 1.64. The molecule has 7 nitrogen and oxygen atoms in total. The van der Waals surface area contributed by atoms with Gasteiger partial charge in [0.15, 0.2) is 12.4 Å². The van der Waals surface area contributed by atoms with Gasteiger partial charge < -0.3 is 18.8 Å². The van der Waals surface area contributed by atoms with E-state index in [1.165, 1.54) is 13.0 Å². The Labute approximate surface area is 146 Å². The number of oxime groups is 1. The van der Waals surface area contributed by atoms with Crippen molar-refractivity contribution in [3.63, 3.8) is 0 Å². The maximum Gasteiger partial charge on any atom is 0.254 e. The SMILES string of the molecule is COc1ccc(COc2cc(CON=C3CN4CCC3C4)on2)cc1. The predicted octanol–water partition coefficient (Wildman–Crippen LogP) is 2.47. The molecule has 2 atom stereocenters. The molecule has 0 aliphatic carbocycles. The molecule has 4 rings (SSSR count). The van der Waals surface area contributed by atoms with Crippen LogP contribution in [0.15, 0.2) is 40.0 Å². The fraction of sp³-hybridized carbons (Fsp3) is 0.444. The van der Waals surface area contributed by atoms with Crippen LogP contribution < -0.4 is 9.47 Å². The average Bonchev–Trinajstić information content (AvgIpc) is 3.37. The van der Waals surface area contributed by atoms with Gasteiger partial charge in [-0.2, -0.15) is 0 Å². The molecule has 0 saturated carbocycles. The second-order valence-corrected chi connectivity index (χ2v) is 6.34. The Hall–Kier alpha value is -2.54. The molecule has 0 N–H and O–H groups in total. The van der Waals surface area contributed by atoms with E-state index < -0.39 is 0 Å². The molecule has 0 spiro atoms. The molecule has 2 bridgehead atoms. The summed E-state index contributed by atoms with van der Waals surface area (Å²) < 4.78 is 16.0. The molecular formula is C18H21N3O4. The summed E-state index contributed by atoms with van der Waals surface area (Å²) in [5.74, 6) is 2.42. The Morgan fingerprint density at radius 2 is 2.16 bits per heavy atom. The summed E-state index contributed by atoms with van der Waals surface area (Å²) >= 11 is 0. The second kappa shape index (κ2) is 7.14. The molecule has 0 amide bonds. The van der Waals surface area contributed by atoms with Crippen molar-refractivity contribution in [2.75, 3.05) is 26.7 Å². The lowest BCUT2D eigenvalue weighted by atomic mass is 10.0. The van der Waals surface area contributed by atoms with Gasteiger partial charge >= 0.3 is 0 Å². The van der Waals surface area contributed by atoms with Gasteiger partial charge in [-0.1, -0.05) is 17.3 Å². The smallest absolute Gasteiger partial charge is 0.254 e. The molecule has 2 unspecified atom stereocenters. The number of hydrogen-bond acceptors (Lipinski definition) is 7. The van der Waals surface area contributed by atoms with Crippen LogP contribution in [0, 0.1) is 5.92 Å². The molecule has 7 heteroatoms. The number of nitrogens with zero attached hydrogens (tertiary/aromatic N) is 3. The molecule has 1 aromatic carbocycles. The predicted molar refractivity (Wildman–Crippen MR) is 90.6 cm³/mol. The first-order chi connectivity index (χ1) is 12.3. The summed E-state index contributed by atoms with van der Waals surface area (Å²) in [4.78, 5) is 7.81. The lowest BCUT2D eigenvalue weighted by molar-refractivity contribution is 0.107. The number of fused-ring (bicyclic) bond motifs is 2. The van der Waals surface area contributed by atoms with Crippen molar-refractivity contribution in [2.24, 2.45) is 11.1 Å². The van der Waals surface area contributed by atoms with Gasteiger partial charge in [0.2, 0.25) is 0 Å². The van der Waals surface area contributed by atoms with Crippen molar-refractivity contribution in [3.8, 4) is 11.6 Å². The summed E-state index contributed by atoms with van der Waals surface area (Å²) in [6.07, 6.45) is 1.19. The van der Waals surface area contributed by atoms with E-state index >= 15 is 0 Å². The first-order valence-corrected chi connectivity index (χ1v) is 8.42. The highest BCUT2D eigenvalue weighted by atomic mass is 16.6. The molecule has 2 fully saturated rings. The van der Waals surface area contributed by atoms with Crippen molar-refractivity contribution >= 4 is 5.71 Å². The number of hydrogen-bond donors (Lipinski definition) is 0. The highest BCUT2D eigenvalue weighted by molar-refractivity contribution is 5.91. The lowest BCUT2D eigenvalue weighted by Gasteiger charge is -2.12. The number of rotatable bonds is 7. The summed E-state index contributed by atoms with van der Waals surface area (Å²) in [6.45, 7) is 3.90. The maximum atomic E-state index is 5.62. The van der Waals surface area contributed by atoms with E-state index in [0.717, 1.165) is 30.1 Å². The average molecular weight is 343 g/mol. The maximum absolute atomic E-state index is 5.62. The molecule has 25 heavy (non-hydrogen) atoms. The quantitative estimate of drug-likeness (QED) is 0.720. The first kappa shape index (κ1) is 16.0.